The van der Waals surface area contributed by atoms with E-state index < -0.39 is 11.4 Å². The summed E-state index contributed by atoms with van der Waals surface area (Å²) in [5, 5.41) is 13.4. The van der Waals surface area contributed by atoms with Crippen LogP contribution in [0.3, 0.4) is 0 Å². The van der Waals surface area contributed by atoms with Crippen LogP contribution >= 0.6 is 23.2 Å². The first kappa shape index (κ1) is 15.3. The van der Waals surface area contributed by atoms with E-state index >= 15 is 0 Å². The molecule has 18 heavy (non-hydrogen) atoms. The number of rotatable bonds is 5. The smallest absolute Gasteiger partial charge is 0.310 e. The highest BCUT2D eigenvalue weighted by atomic mass is 35.5. The molecular formula is C13H17Cl2NO2. The van der Waals surface area contributed by atoms with E-state index in [1.807, 2.05) is 13.0 Å². The van der Waals surface area contributed by atoms with E-state index in [0.717, 1.165) is 5.56 Å². The van der Waals surface area contributed by atoms with Crippen LogP contribution < -0.4 is 5.32 Å². The summed E-state index contributed by atoms with van der Waals surface area (Å²) in [6.07, 6.45) is 0. The van der Waals surface area contributed by atoms with Crippen molar-refractivity contribution in [3.8, 4) is 0 Å². The van der Waals surface area contributed by atoms with Crippen molar-refractivity contribution in [3.63, 3.8) is 0 Å². The van der Waals surface area contributed by atoms with Gasteiger partial charge in [-0.1, -0.05) is 29.3 Å². The van der Waals surface area contributed by atoms with Crippen molar-refractivity contribution >= 4 is 29.2 Å². The van der Waals surface area contributed by atoms with Gasteiger partial charge in [-0.05, 0) is 38.5 Å². The third-order valence-electron chi connectivity index (χ3n) is 2.86. The number of hydrogen-bond acceptors (Lipinski definition) is 2. The third kappa shape index (κ3) is 3.87. The molecule has 1 aromatic rings. The Balaban J connectivity index is 2.71. The average Bonchev–Trinajstić information content (AvgIpc) is 2.25. The lowest BCUT2D eigenvalue weighted by Gasteiger charge is -2.23. The SMILES string of the molecule is CC(NCC(C)(C)C(=O)O)c1ccc(Cl)cc1Cl. The minimum absolute atomic E-state index is 0.0339. The molecule has 100 valence electrons. The first-order valence-corrected chi connectivity index (χ1v) is 6.41. The molecule has 0 aromatic heterocycles. The molecule has 0 saturated heterocycles. The largest absolute Gasteiger partial charge is 0.481 e. The molecule has 0 heterocycles. The quantitative estimate of drug-likeness (QED) is 0.868. The van der Waals surface area contributed by atoms with Gasteiger partial charge in [-0.25, -0.2) is 0 Å². The summed E-state index contributed by atoms with van der Waals surface area (Å²) in [7, 11) is 0. The zero-order valence-corrected chi connectivity index (χ0v) is 12.1. The van der Waals surface area contributed by atoms with Crippen LogP contribution in [0.5, 0.6) is 0 Å². The molecule has 1 rings (SSSR count). The van der Waals surface area contributed by atoms with Crippen LogP contribution in [0.25, 0.3) is 0 Å². The predicted octanol–water partition coefficient (Wildman–Crippen LogP) is 3.75. The Bertz CT molecular complexity index is 447. The van der Waals surface area contributed by atoms with Crippen LogP contribution in [-0.4, -0.2) is 17.6 Å². The molecular weight excluding hydrogens is 273 g/mol. The Labute approximate surface area is 117 Å². The van der Waals surface area contributed by atoms with Crippen molar-refractivity contribution in [1.29, 1.82) is 0 Å². The van der Waals surface area contributed by atoms with Crippen molar-refractivity contribution in [1.82, 2.24) is 5.32 Å². The lowest BCUT2D eigenvalue weighted by atomic mass is 9.93. The second kappa shape index (κ2) is 5.91. The molecule has 0 aliphatic carbocycles. The van der Waals surface area contributed by atoms with Crippen molar-refractivity contribution in [3.05, 3.63) is 33.8 Å². The Morgan fingerprint density at radius 1 is 1.44 bits per heavy atom. The fourth-order valence-corrected chi connectivity index (χ4v) is 2.02. The highest BCUT2D eigenvalue weighted by Gasteiger charge is 2.27. The molecule has 0 spiro atoms. The molecule has 1 aromatic carbocycles. The molecule has 0 amide bonds. The number of aliphatic carboxylic acids is 1. The summed E-state index contributed by atoms with van der Waals surface area (Å²) < 4.78 is 0. The van der Waals surface area contributed by atoms with Gasteiger partial charge in [0, 0.05) is 22.6 Å². The number of benzene rings is 1. The zero-order valence-electron chi connectivity index (χ0n) is 10.6. The molecule has 1 atom stereocenters. The topological polar surface area (TPSA) is 49.3 Å². The van der Waals surface area contributed by atoms with Gasteiger partial charge < -0.3 is 10.4 Å². The first-order chi connectivity index (χ1) is 8.24. The number of halogens is 2. The van der Waals surface area contributed by atoms with Gasteiger partial charge in [-0.15, -0.1) is 0 Å². The van der Waals surface area contributed by atoms with Gasteiger partial charge >= 0.3 is 5.97 Å². The molecule has 5 heteroatoms. The fourth-order valence-electron chi connectivity index (χ4n) is 1.45. The minimum Gasteiger partial charge on any atom is -0.481 e. The predicted molar refractivity (Wildman–Crippen MR) is 74.3 cm³/mol. The van der Waals surface area contributed by atoms with Crippen molar-refractivity contribution < 1.29 is 9.90 Å². The van der Waals surface area contributed by atoms with Crippen LogP contribution in [0.15, 0.2) is 18.2 Å². The summed E-state index contributed by atoms with van der Waals surface area (Å²) in [6, 6.07) is 5.26. The number of carbonyl (C=O) groups is 1. The molecule has 0 aliphatic heterocycles. The van der Waals surface area contributed by atoms with E-state index in [2.05, 4.69) is 5.32 Å². The van der Waals surface area contributed by atoms with E-state index in [1.165, 1.54) is 0 Å². The molecule has 1 unspecified atom stereocenters. The maximum absolute atomic E-state index is 11.0. The standard InChI is InChI=1S/C13H17Cl2NO2/c1-8(16-7-13(2,3)12(17)18)10-5-4-9(14)6-11(10)15/h4-6,8,16H,7H2,1-3H3,(H,17,18). The molecule has 0 fully saturated rings. The Morgan fingerprint density at radius 3 is 2.56 bits per heavy atom. The summed E-state index contributed by atoms with van der Waals surface area (Å²) in [6.45, 7) is 5.66. The fraction of sp³-hybridized carbons (Fsp3) is 0.462. The Morgan fingerprint density at radius 2 is 2.06 bits per heavy atom. The number of hydrogen-bond donors (Lipinski definition) is 2. The number of carboxylic acid groups (broad SMARTS) is 1. The van der Waals surface area contributed by atoms with E-state index in [-0.39, 0.29) is 6.04 Å². The molecule has 3 nitrogen and oxygen atoms in total. The molecule has 0 saturated carbocycles. The first-order valence-electron chi connectivity index (χ1n) is 5.66. The molecule has 2 N–H and O–H groups in total. The van der Waals surface area contributed by atoms with Crippen LogP contribution in [0.1, 0.15) is 32.4 Å². The summed E-state index contributed by atoms with van der Waals surface area (Å²) in [5.41, 5.74) is 0.0925. The van der Waals surface area contributed by atoms with Crippen molar-refractivity contribution in [2.24, 2.45) is 5.41 Å². The van der Waals surface area contributed by atoms with Crippen LogP contribution in [0, 0.1) is 5.41 Å². The highest BCUT2D eigenvalue weighted by molar-refractivity contribution is 6.35. The average molecular weight is 290 g/mol. The summed E-state index contributed by atoms with van der Waals surface area (Å²) in [4.78, 5) is 11.0. The maximum Gasteiger partial charge on any atom is 0.310 e. The van der Waals surface area contributed by atoms with E-state index in [4.69, 9.17) is 28.3 Å². The van der Waals surface area contributed by atoms with Crippen LogP contribution in [-0.2, 0) is 4.79 Å². The Kier molecular flexibility index (Phi) is 5.02. The van der Waals surface area contributed by atoms with Crippen molar-refractivity contribution in [2.75, 3.05) is 6.54 Å². The van der Waals surface area contributed by atoms with Gasteiger partial charge in [0.1, 0.15) is 0 Å². The lowest BCUT2D eigenvalue weighted by molar-refractivity contribution is -0.146. The lowest BCUT2D eigenvalue weighted by Crippen LogP contribution is -2.37. The summed E-state index contributed by atoms with van der Waals surface area (Å²) >= 11 is 11.9. The van der Waals surface area contributed by atoms with Gasteiger partial charge in [-0.2, -0.15) is 0 Å². The Hall–Kier alpha value is -0.770. The summed E-state index contributed by atoms with van der Waals surface area (Å²) in [5.74, 6) is -0.829. The van der Waals surface area contributed by atoms with Gasteiger partial charge in [0.15, 0.2) is 0 Å². The minimum atomic E-state index is -0.829. The third-order valence-corrected chi connectivity index (χ3v) is 3.42. The van der Waals surface area contributed by atoms with E-state index in [1.54, 1.807) is 26.0 Å². The second-order valence-electron chi connectivity index (χ2n) is 4.96. The number of nitrogens with one attached hydrogen (secondary N) is 1. The molecule has 0 radical (unpaired) electrons. The van der Waals surface area contributed by atoms with Gasteiger partial charge in [-0.3, -0.25) is 4.79 Å². The molecule has 0 aliphatic rings. The van der Waals surface area contributed by atoms with Gasteiger partial charge in [0.05, 0.1) is 5.41 Å². The van der Waals surface area contributed by atoms with Crippen LogP contribution in [0.4, 0.5) is 0 Å². The molecule has 0 bridgehead atoms. The maximum atomic E-state index is 11.0. The van der Waals surface area contributed by atoms with E-state index in [0.29, 0.717) is 16.6 Å². The van der Waals surface area contributed by atoms with Crippen LogP contribution in [0.2, 0.25) is 10.0 Å². The zero-order chi connectivity index (χ0) is 13.9. The highest BCUT2D eigenvalue weighted by Crippen LogP contribution is 2.26. The van der Waals surface area contributed by atoms with Gasteiger partial charge in [0.25, 0.3) is 0 Å². The second-order valence-corrected chi connectivity index (χ2v) is 5.80. The number of carboxylic acids is 1. The monoisotopic (exact) mass is 289 g/mol. The normalized spacial score (nSPS) is 13.4. The van der Waals surface area contributed by atoms with E-state index in [9.17, 15) is 4.79 Å². The van der Waals surface area contributed by atoms with Gasteiger partial charge in [0.2, 0.25) is 0 Å². The van der Waals surface area contributed by atoms with Crippen molar-refractivity contribution in [2.45, 2.75) is 26.8 Å².